The number of ketones is 1. The number of benzene rings is 1. The number of carbonyl (C=O) groups is 3. The van der Waals surface area contributed by atoms with Gasteiger partial charge in [-0.05, 0) is 67.8 Å². The van der Waals surface area contributed by atoms with Crippen molar-refractivity contribution >= 4 is 85.5 Å². The van der Waals surface area contributed by atoms with E-state index < -0.39 is 24.1 Å². The monoisotopic (exact) mass is 700 g/mol. The maximum atomic E-state index is 13.0. The van der Waals surface area contributed by atoms with E-state index in [1.165, 1.54) is 0 Å². The van der Waals surface area contributed by atoms with Crippen LogP contribution in [0, 0.1) is 22.5 Å². The van der Waals surface area contributed by atoms with Crippen LogP contribution in [-0.2, 0) is 9.47 Å². The van der Waals surface area contributed by atoms with Crippen LogP contribution in [0.15, 0.2) is 0 Å². The summed E-state index contributed by atoms with van der Waals surface area (Å²) in [5.74, 6) is -3.40. The Labute approximate surface area is 190 Å². The Hall–Kier alpha value is -0.0600. The molecule has 1 fully saturated rings. The van der Waals surface area contributed by atoms with Gasteiger partial charge in [0.05, 0.1) is 30.3 Å². The van der Waals surface area contributed by atoms with E-state index in [9.17, 15) is 24.6 Å². The van der Waals surface area contributed by atoms with Crippen molar-refractivity contribution in [1.29, 1.82) is 0 Å². The highest BCUT2D eigenvalue weighted by Crippen LogP contribution is 2.34. The molecule has 0 saturated carbocycles. The van der Waals surface area contributed by atoms with Gasteiger partial charge in [-0.2, -0.15) is 0 Å². The van der Waals surface area contributed by atoms with Gasteiger partial charge in [0.2, 0.25) is 0 Å². The molecular weight excluding hydrogens is 685 g/mol. The normalized spacial score (nSPS) is 20.2. The number of rotatable bonds is 5. The van der Waals surface area contributed by atoms with E-state index >= 15 is 0 Å². The van der Waals surface area contributed by atoms with Crippen LogP contribution in [0.5, 0.6) is 0 Å². The maximum Gasteiger partial charge on any atom is 0.337 e. The summed E-state index contributed by atoms with van der Waals surface area (Å²) in [5.41, 5.74) is -0.253. The molecule has 0 aliphatic carbocycles. The van der Waals surface area contributed by atoms with Crippen molar-refractivity contribution in [3.63, 3.8) is 0 Å². The fraction of sp³-hybridized carbons (Fsp3) is 0.438. The summed E-state index contributed by atoms with van der Waals surface area (Å²) in [6, 6.07) is 0. The quantitative estimate of drug-likeness (QED) is 0.356. The van der Waals surface area contributed by atoms with Gasteiger partial charge in [0, 0.05) is 22.2 Å². The molecule has 0 amide bonds. The van der Waals surface area contributed by atoms with E-state index in [0.29, 0.717) is 0 Å². The largest absolute Gasteiger partial charge is 0.478 e. The van der Waals surface area contributed by atoms with Crippen LogP contribution < -0.4 is 0 Å². The molecule has 26 heavy (non-hydrogen) atoms. The Bertz CT molecular complexity index is 727. The number of ether oxygens (including phenoxy) is 2. The van der Waals surface area contributed by atoms with Gasteiger partial charge >= 0.3 is 11.9 Å². The molecule has 1 aliphatic heterocycles. The summed E-state index contributed by atoms with van der Waals surface area (Å²) in [4.78, 5) is 36.3. The first-order chi connectivity index (χ1) is 12.1. The third-order valence-electron chi connectivity index (χ3n) is 3.83. The van der Waals surface area contributed by atoms with E-state index in [1.54, 1.807) is 67.8 Å². The second-order valence-electron chi connectivity index (χ2n) is 6.02. The van der Waals surface area contributed by atoms with Gasteiger partial charge in [0.1, 0.15) is 0 Å². The molecule has 7 nitrogen and oxygen atoms in total. The molecule has 2 N–H and O–H groups in total. The molecule has 0 radical (unpaired) electrons. The zero-order valence-corrected chi connectivity index (χ0v) is 20.2. The molecule has 0 unspecified atom stereocenters. The van der Waals surface area contributed by atoms with Gasteiger partial charge in [-0.15, -0.1) is 0 Å². The van der Waals surface area contributed by atoms with Crippen molar-refractivity contribution < 1.29 is 34.1 Å². The first kappa shape index (κ1) is 22.2. The fourth-order valence-electron chi connectivity index (χ4n) is 2.51. The predicted molar refractivity (Wildman–Crippen MR) is 117 cm³/mol. The van der Waals surface area contributed by atoms with E-state index in [0.717, 1.165) is 0 Å². The van der Waals surface area contributed by atoms with Gasteiger partial charge in [-0.25, -0.2) is 9.59 Å². The Kier molecular flexibility index (Phi) is 7.66. The minimum atomic E-state index is -1.28. The van der Waals surface area contributed by atoms with Crippen LogP contribution in [-0.4, -0.2) is 47.4 Å². The minimum absolute atomic E-state index is 0.0987. The van der Waals surface area contributed by atoms with E-state index in [-0.39, 0.29) is 52.3 Å². The SMILES string of the molecule is CC(C)C1OCC(C(=O)c2c(I)c(C(=O)O)c(I)c(C(=O)O)c2I)CO1. The Balaban J connectivity index is 2.50. The minimum Gasteiger partial charge on any atom is -0.478 e. The van der Waals surface area contributed by atoms with Crippen LogP contribution in [0.1, 0.15) is 44.9 Å². The van der Waals surface area contributed by atoms with E-state index in [2.05, 4.69) is 0 Å². The Morgan fingerprint density at radius 3 is 1.62 bits per heavy atom. The van der Waals surface area contributed by atoms with Crippen molar-refractivity contribution in [3.8, 4) is 0 Å². The van der Waals surface area contributed by atoms with Crippen LogP contribution in [0.3, 0.4) is 0 Å². The highest BCUT2D eigenvalue weighted by Gasteiger charge is 2.35. The lowest BCUT2D eigenvalue weighted by Gasteiger charge is -2.31. The number of carboxylic acids is 2. The van der Waals surface area contributed by atoms with Gasteiger partial charge in [-0.1, -0.05) is 13.8 Å². The summed E-state index contributed by atoms with van der Waals surface area (Å²) < 4.78 is 11.7. The summed E-state index contributed by atoms with van der Waals surface area (Å²) in [6.07, 6.45) is -0.391. The van der Waals surface area contributed by atoms with Crippen molar-refractivity contribution in [2.75, 3.05) is 13.2 Å². The molecule has 1 aromatic rings. The summed E-state index contributed by atoms with van der Waals surface area (Å²) >= 11 is 5.27. The average Bonchev–Trinajstić information content (AvgIpc) is 2.53. The van der Waals surface area contributed by atoms with E-state index in [4.69, 9.17) is 9.47 Å². The molecule has 0 bridgehead atoms. The van der Waals surface area contributed by atoms with Crippen LogP contribution in [0.2, 0.25) is 0 Å². The average molecular weight is 700 g/mol. The van der Waals surface area contributed by atoms with Gasteiger partial charge < -0.3 is 19.7 Å². The number of aromatic carboxylic acids is 2. The third kappa shape index (κ3) is 4.33. The lowest BCUT2D eigenvalue weighted by molar-refractivity contribution is -0.211. The number of Topliss-reactive ketones (excluding diaryl/α,β-unsaturated/α-hetero) is 1. The predicted octanol–water partition coefficient (Wildman–Crippen LogP) is 3.72. The van der Waals surface area contributed by atoms with Crippen molar-refractivity contribution in [2.45, 2.75) is 20.1 Å². The molecular formula is C16H15I3O7. The highest BCUT2D eigenvalue weighted by atomic mass is 127. The first-order valence-corrected chi connectivity index (χ1v) is 10.8. The first-order valence-electron chi connectivity index (χ1n) is 7.52. The molecule has 1 aromatic carbocycles. The van der Waals surface area contributed by atoms with Gasteiger partial charge in [0.25, 0.3) is 0 Å². The standard InChI is InChI=1S/C16H15I3O7/c1-5(2)16-25-3-6(4-26-16)13(20)7-10(17)8(14(21)22)12(19)9(11(7)18)15(23)24/h5-6,16H,3-4H2,1-2H3,(H,21,22)(H,23,24). The third-order valence-corrected chi connectivity index (χ3v) is 7.07. The number of carbonyl (C=O) groups excluding carboxylic acids is 1. The molecule has 0 atom stereocenters. The summed E-state index contributed by atoms with van der Waals surface area (Å²) in [6.45, 7) is 4.17. The molecule has 1 saturated heterocycles. The number of carboxylic acid groups (broad SMARTS) is 2. The van der Waals surface area contributed by atoms with Crippen molar-refractivity contribution in [2.24, 2.45) is 11.8 Å². The van der Waals surface area contributed by atoms with Crippen molar-refractivity contribution in [3.05, 3.63) is 27.4 Å². The lowest BCUT2D eigenvalue weighted by Crippen LogP contribution is -2.39. The second-order valence-corrected chi connectivity index (χ2v) is 9.25. The molecule has 10 heteroatoms. The molecule has 0 aromatic heterocycles. The molecule has 1 heterocycles. The zero-order chi connectivity index (χ0) is 19.8. The van der Waals surface area contributed by atoms with E-state index in [1.807, 2.05) is 13.8 Å². The van der Waals surface area contributed by atoms with Crippen molar-refractivity contribution in [1.82, 2.24) is 0 Å². The van der Waals surface area contributed by atoms with Crippen LogP contribution in [0.4, 0.5) is 0 Å². The fourth-order valence-corrected chi connectivity index (χ4v) is 7.14. The highest BCUT2D eigenvalue weighted by molar-refractivity contribution is 14.1. The van der Waals surface area contributed by atoms with Crippen LogP contribution >= 0.6 is 67.8 Å². The maximum absolute atomic E-state index is 13.0. The number of halogens is 3. The Morgan fingerprint density at radius 2 is 1.27 bits per heavy atom. The van der Waals surface area contributed by atoms with Gasteiger partial charge in [0.15, 0.2) is 12.1 Å². The van der Waals surface area contributed by atoms with Crippen LogP contribution in [0.25, 0.3) is 0 Å². The second kappa shape index (κ2) is 8.96. The smallest absolute Gasteiger partial charge is 0.337 e. The zero-order valence-electron chi connectivity index (χ0n) is 13.7. The lowest BCUT2D eigenvalue weighted by atomic mass is 9.94. The summed E-state index contributed by atoms with van der Waals surface area (Å²) in [5, 5.41) is 19.0. The molecule has 2 rings (SSSR count). The van der Waals surface area contributed by atoms with Gasteiger partial charge in [-0.3, -0.25) is 4.79 Å². The Morgan fingerprint density at radius 1 is 0.885 bits per heavy atom. The number of hydrogen-bond acceptors (Lipinski definition) is 5. The summed E-state index contributed by atoms with van der Waals surface area (Å²) in [7, 11) is 0. The molecule has 1 aliphatic rings. The topological polar surface area (TPSA) is 110 Å². The molecule has 0 spiro atoms. The molecule has 142 valence electrons. The number of hydrogen-bond donors (Lipinski definition) is 2.